The van der Waals surface area contributed by atoms with E-state index in [4.69, 9.17) is 9.47 Å². The van der Waals surface area contributed by atoms with Crippen LogP contribution in [0.4, 0.5) is 4.39 Å². The summed E-state index contributed by atoms with van der Waals surface area (Å²) >= 11 is 0. The first-order valence-corrected chi connectivity index (χ1v) is 7.45. The van der Waals surface area contributed by atoms with Crippen molar-refractivity contribution in [1.82, 2.24) is 9.47 Å². The molecular weight excluding hydrogens is 299 g/mol. The Morgan fingerprint density at radius 1 is 1.30 bits per heavy atom. The fourth-order valence-electron chi connectivity index (χ4n) is 2.73. The van der Waals surface area contributed by atoms with Gasteiger partial charge in [-0.3, -0.25) is 4.79 Å². The van der Waals surface area contributed by atoms with Crippen LogP contribution in [0.2, 0.25) is 0 Å². The Morgan fingerprint density at radius 2 is 2.00 bits per heavy atom. The van der Waals surface area contributed by atoms with Crippen LogP contribution in [0.25, 0.3) is 10.9 Å². The average Bonchev–Trinajstić information content (AvgIpc) is 2.75. The summed E-state index contributed by atoms with van der Waals surface area (Å²) in [5, 5.41) is 0.824. The Morgan fingerprint density at radius 3 is 2.57 bits per heavy atom. The van der Waals surface area contributed by atoms with Gasteiger partial charge in [-0.1, -0.05) is 0 Å². The number of aromatic nitrogens is 1. The quantitative estimate of drug-likeness (QED) is 0.766. The summed E-state index contributed by atoms with van der Waals surface area (Å²) in [7, 11) is 6.77. The lowest BCUT2D eigenvalue weighted by molar-refractivity contribution is -0.139. The van der Waals surface area contributed by atoms with E-state index in [9.17, 15) is 9.18 Å². The molecule has 1 heterocycles. The van der Waals surface area contributed by atoms with Gasteiger partial charge >= 0.3 is 5.97 Å². The van der Waals surface area contributed by atoms with Crippen LogP contribution in [0, 0.1) is 12.7 Å². The molecule has 2 rings (SSSR count). The second-order valence-electron chi connectivity index (χ2n) is 5.78. The molecule has 5 nitrogen and oxygen atoms in total. The number of benzene rings is 1. The van der Waals surface area contributed by atoms with Crippen LogP contribution in [-0.2, 0) is 22.5 Å². The Kier molecular flexibility index (Phi) is 5.26. The predicted octanol–water partition coefficient (Wildman–Crippen LogP) is 2.37. The van der Waals surface area contributed by atoms with Crippen LogP contribution in [-0.4, -0.2) is 50.3 Å². The molecule has 0 saturated carbocycles. The van der Waals surface area contributed by atoms with Gasteiger partial charge in [-0.05, 0) is 32.6 Å². The summed E-state index contributed by atoms with van der Waals surface area (Å²) in [6, 6.07) is 3.12. The molecule has 1 aromatic heterocycles. The van der Waals surface area contributed by atoms with Crippen molar-refractivity contribution in [3.8, 4) is 5.75 Å². The number of carbonyl (C=O) groups excluding carboxylic acids is 1. The minimum atomic E-state index is -0.409. The highest BCUT2D eigenvalue weighted by Gasteiger charge is 2.19. The summed E-state index contributed by atoms with van der Waals surface area (Å²) in [5.74, 6) is -0.551. The molecule has 6 heteroatoms. The van der Waals surface area contributed by atoms with Gasteiger partial charge in [-0.15, -0.1) is 0 Å². The van der Waals surface area contributed by atoms with Crippen LogP contribution >= 0.6 is 0 Å². The molecule has 126 valence electrons. The zero-order valence-corrected chi connectivity index (χ0v) is 14.3. The lowest BCUT2D eigenvalue weighted by Crippen LogP contribution is -2.19. The zero-order valence-electron chi connectivity index (χ0n) is 14.3. The number of hydrogen-bond acceptors (Lipinski definition) is 4. The van der Waals surface area contributed by atoms with Crippen LogP contribution < -0.4 is 4.74 Å². The van der Waals surface area contributed by atoms with Crippen molar-refractivity contribution in [2.24, 2.45) is 0 Å². The number of rotatable bonds is 6. The molecule has 23 heavy (non-hydrogen) atoms. The molecule has 0 aliphatic carbocycles. The number of halogens is 1. The lowest BCUT2D eigenvalue weighted by atomic mass is 10.1. The van der Waals surface area contributed by atoms with E-state index in [1.807, 2.05) is 25.6 Å². The van der Waals surface area contributed by atoms with Crippen LogP contribution in [0.1, 0.15) is 11.3 Å². The van der Waals surface area contributed by atoms with Gasteiger partial charge in [0.05, 0.1) is 26.2 Å². The third-order valence-corrected chi connectivity index (χ3v) is 4.05. The van der Waals surface area contributed by atoms with Gasteiger partial charge < -0.3 is 18.9 Å². The van der Waals surface area contributed by atoms with Crippen molar-refractivity contribution in [2.45, 2.75) is 19.9 Å². The number of likely N-dealkylation sites (N-methyl/N-ethyl adjacent to an activating group) is 1. The Labute approximate surface area is 135 Å². The first-order valence-electron chi connectivity index (χ1n) is 7.45. The number of carbonyl (C=O) groups is 1. The molecule has 0 unspecified atom stereocenters. The topological polar surface area (TPSA) is 43.7 Å². The van der Waals surface area contributed by atoms with Gasteiger partial charge in [0, 0.05) is 30.2 Å². The zero-order chi connectivity index (χ0) is 17.1. The van der Waals surface area contributed by atoms with Crippen molar-refractivity contribution in [3.05, 3.63) is 29.2 Å². The van der Waals surface area contributed by atoms with E-state index in [2.05, 4.69) is 4.90 Å². The number of hydrogen-bond donors (Lipinski definition) is 0. The highest BCUT2D eigenvalue weighted by molar-refractivity contribution is 5.90. The molecule has 0 aliphatic rings. The van der Waals surface area contributed by atoms with E-state index in [-0.39, 0.29) is 18.1 Å². The molecular formula is C17H23FN2O3. The molecule has 0 bridgehead atoms. The Balaban J connectivity index is 2.62. The van der Waals surface area contributed by atoms with Gasteiger partial charge in [0.2, 0.25) is 0 Å². The van der Waals surface area contributed by atoms with Crippen molar-refractivity contribution in [2.75, 3.05) is 34.9 Å². The Hall–Kier alpha value is -2.08. The molecule has 0 N–H and O–H groups in total. The summed E-state index contributed by atoms with van der Waals surface area (Å²) in [6.07, 6.45) is 0.155. The monoisotopic (exact) mass is 322 g/mol. The highest BCUT2D eigenvalue weighted by Crippen LogP contribution is 2.32. The van der Waals surface area contributed by atoms with Crippen LogP contribution in [0.15, 0.2) is 12.1 Å². The molecule has 0 amide bonds. The highest BCUT2D eigenvalue weighted by atomic mass is 19.1. The van der Waals surface area contributed by atoms with E-state index in [1.165, 1.54) is 20.3 Å². The van der Waals surface area contributed by atoms with Crippen LogP contribution in [0.5, 0.6) is 5.75 Å². The minimum absolute atomic E-state index is 0.155. The first kappa shape index (κ1) is 17.3. The number of ether oxygens (including phenoxy) is 2. The van der Waals surface area contributed by atoms with Gasteiger partial charge in [-0.2, -0.15) is 0 Å². The fourth-order valence-corrected chi connectivity index (χ4v) is 2.73. The second kappa shape index (κ2) is 7.00. The van der Waals surface area contributed by atoms with E-state index in [0.717, 1.165) is 28.7 Å². The summed E-state index contributed by atoms with van der Waals surface area (Å²) in [5.41, 5.74) is 2.56. The van der Waals surface area contributed by atoms with Gasteiger partial charge in [0.15, 0.2) is 11.6 Å². The maximum absolute atomic E-state index is 14.1. The first-order chi connectivity index (χ1) is 10.9. The average molecular weight is 322 g/mol. The molecule has 0 atom stereocenters. The Bertz CT molecular complexity index is 722. The van der Waals surface area contributed by atoms with Crippen molar-refractivity contribution in [1.29, 1.82) is 0 Å². The standard InChI is InChI=1S/C17H23FN2O3/c1-11-12(9-17(21)23-5)13-8-16(22-4)14(18)10-15(13)20(11)7-6-19(2)3/h8,10H,6-7,9H2,1-5H3. The molecule has 0 saturated heterocycles. The predicted molar refractivity (Wildman–Crippen MR) is 87.5 cm³/mol. The van der Waals surface area contributed by atoms with Gasteiger partial charge in [0.25, 0.3) is 0 Å². The fraction of sp³-hybridized carbons (Fsp3) is 0.471. The van der Waals surface area contributed by atoms with Crippen molar-refractivity contribution in [3.63, 3.8) is 0 Å². The maximum atomic E-state index is 14.1. The van der Waals surface area contributed by atoms with Crippen molar-refractivity contribution >= 4 is 16.9 Å². The molecule has 0 aliphatic heterocycles. The SMILES string of the molecule is COC(=O)Cc1c(C)n(CCN(C)C)c2cc(F)c(OC)cc12. The summed E-state index contributed by atoms with van der Waals surface area (Å²) < 4.78 is 26.0. The van der Waals surface area contributed by atoms with E-state index in [1.54, 1.807) is 6.07 Å². The minimum Gasteiger partial charge on any atom is -0.494 e. The normalized spacial score (nSPS) is 11.3. The number of methoxy groups -OCH3 is 2. The lowest BCUT2D eigenvalue weighted by Gasteiger charge is -2.13. The summed E-state index contributed by atoms with van der Waals surface area (Å²) in [4.78, 5) is 13.8. The molecule has 2 aromatic rings. The third-order valence-electron chi connectivity index (χ3n) is 4.05. The van der Waals surface area contributed by atoms with E-state index in [0.29, 0.717) is 6.54 Å². The second-order valence-corrected chi connectivity index (χ2v) is 5.78. The molecule has 1 aromatic carbocycles. The van der Waals surface area contributed by atoms with Crippen molar-refractivity contribution < 1.29 is 18.7 Å². The smallest absolute Gasteiger partial charge is 0.310 e. The number of esters is 1. The van der Waals surface area contributed by atoms with E-state index >= 15 is 0 Å². The third kappa shape index (κ3) is 3.47. The van der Waals surface area contributed by atoms with Crippen LogP contribution in [0.3, 0.4) is 0 Å². The largest absolute Gasteiger partial charge is 0.494 e. The molecule has 0 spiro atoms. The molecule has 0 radical (unpaired) electrons. The summed E-state index contributed by atoms with van der Waals surface area (Å²) in [6.45, 7) is 3.47. The molecule has 0 fully saturated rings. The number of nitrogens with zero attached hydrogens (tertiary/aromatic N) is 2. The number of fused-ring (bicyclic) bond motifs is 1. The van der Waals surface area contributed by atoms with Gasteiger partial charge in [0.1, 0.15) is 0 Å². The maximum Gasteiger partial charge on any atom is 0.310 e. The van der Waals surface area contributed by atoms with E-state index < -0.39 is 5.82 Å². The van der Waals surface area contributed by atoms with Gasteiger partial charge in [-0.25, -0.2) is 4.39 Å².